The Morgan fingerprint density at radius 3 is 2.15 bits per heavy atom. The lowest BCUT2D eigenvalue weighted by atomic mass is 9.75. The number of nitrogens with one attached hydrogen (secondary N) is 1. The molecule has 1 aliphatic rings. The molecule has 1 fully saturated rings. The number of fused-ring (bicyclic) bond motifs is 1. The van der Waals surface area contributed by atoms with E-state index in [1.807, 2.05) is 22.8 Å². The smallest absolute Gasteiger partial charge is 0.247 e. The van der Waals surface area contributed by atoms with Crippen molar-refractivity contribution in [1.82, 2.24) is 24.4 Å². The second-order valence-electron chi connectivity index (χ2n) is 12.1. The van der Waals surface area contributed by atoms with Crippen molar-refractivity contribution in [3.05, 3.63) is 114 Å². The quantitative estimate of drug-likeness (QED) is 0.103. The van der Waals surface area contributed by atoms with Crippen molar-refractivity contribution in [2.75, 3.05) is 38.2 Å². The van der Waals surface area contributed by atoms with E-state index in [9.17, 15) is 9.90 Å². The highest BCUT2D eigenvalue weighted by molar-refractivity contribution is 5.91. The standard InChI is InChI=1S/C37H41N7O4/c1-26(2)34(46)41-36-40-33-32(35(42-36)47-21-13-20-38-3)39-25-44(33)31-23-43(22-30(24-45)48-31)37(27-14-7-4-8-15-27,28-16-9-5-10-17-28)29-18-11-6-12-19-29/h4-12,14-19,25-26,30-31,45H,3,13,20-24H2,1-2H3,(H,40,41,42,46)/t30-,31+/m0/s1. The van der Waals surface area contributed by atoms with Gasteiger partial charge in [-0.3, -0.25) is 19.6 Å². The molecule has 0 saturated carbocycles. The lowest BCUT2D eigenvalue weighted by Crippen LogP contribution is -2.57. The summed E-state index contributed by atoms with van der Waals surface area (Å²) >= 11 is 0. The van der Waals surface area contributed by atoms with Crippen LogP contribution < -0.4 is 10.1 Å². The Morgan fingerprint density at radius 1 is 1.00 bits per heavy atom. The fourth-order valence-corrected chi connectivity index (χ4v) is 6.29. The van der Waals surface area contributed by atoms with Crippen molar-refractivity contribution in [1.29, 1.82) is 0 Å². The topological polar surface area (TPSA) is 127 Å². The van der Waals surface area contributed by atoms with Crippen LogP contribution in [0.15, 0.2) is 102 Å². The number of imidazole rings is 1. The van der Waals surface area contributed by atoms with Gasteiger partial charge in [-0.15, -0.1) is 0 Å². The van der Waals surface area contributed by atoms with E-state index in [0.717, 1.165) is 16.7 Å². The minimum absolute atomic E-state index is 0.110. The van der Waals surface area contributed by atoms with Gasteiger partial charge in [0.25, 0.3) is 0 Å². The van der Waals surface area contributed by atoms with Gasteiger partial charge in [-0.2, -0.15) is 9.97 Å². The van der Waals surface area contributed by atoms with Crippen LogP contribution in [0.3, 0.4) is 0 Å². The van der Waals surface area contributed by atoms with E-state index in [0.29, 0.717) is 43.8 Å². The lowest BCUT2D eigenvalue weighted by molar-refractivity contribution is -0.148. The van der Waals surface area contributed by atoms with Gasteiger partial charge >= 0.3 is 0 Å². The molecule has 1 amide bonds. The Balaban J connectivity index is 1.48. The number of anilines is 1. The molecule has 11 nitrogen and oxygen atoms in total. The molecule has 5 aromatic rings. The maximum Gasteiger partial charge on any atom is 0.247 e. The molecule has 0 radical (unpaired) electrons. The number of benzene rings is 3. The van der Waals surface area contributed by atoms with Crippen LogP contribution in [0.4, 0.5) is 5.95 Å². The first-order valence-corrected chi connectivity index (χ1v) is 16.2. The lowest BCUT2D eigenvalue weighted by Gasteiger charge is -2.50. The van der Waals surface area contributed by atoms with Crippen molar-refractivity contribution in [3.8, 4) is 5.88 Å². The molecule has 6 rings (SSSR count). The number of nitrogens with zero attached hydrogens (tertiary/aromatic N) is 6. The minimum atomic E-state index is -0.728. The zero-order valence-electron chi connectivity index (χ0n) is 27.3. The third-order valence-electron chi connectivity index (χ3n) is 8.56. The number of ether oxygens (including phenoxy) is 2. The molecule has 248 valence electrons. The second kappa shape index (κ2) is 14.8. The van der Waals surface area contributed by atoms with Gasteiger partial charge in [0, 0.05) is 32.0 Å². The Morgan fingerprint density at radius 2 is 1.60 bits per heavy atom. The first-order chi connectivity index (χ1) is 23.4. The number of carbonyl (C=O) groups excluding carboxylic acids is 1. The third kappa shape index (κ3) is 6.57. The highest BCUT2D eigenvalue weighted by atomic mass is 16.5. The van der Waals surface area contributed by atoms with Crippen LogP contribution in [0.25, 0.3) is 11.2 Å². The van der Waals surface area contributed by atoms with Gasteiger partial charge in [0.2, 0.25) is 17.7 Å². The van der Waals surface area contributed by atoms with Crippen molar-refractivity contribution >= 4 is 29.7 Å². The number of aliphatic hydroxyl groups is 1. The Hall–Kier alpha value is -4.97. The summed E-state index contributed by atoms with van der Waals surface area (Å²) < 4.78 is 14.4. The largest absolute Gasteiger partial charge is 0.476 e. The fourth-order valence-electron chi connectivity index (χ4n) is 6.29. The number of aliphatic imine (C=N–C) groups is 1. The number of carbonyl (C=O) groups is 1. The highest BCUT2D eigenvalue weighted by Gasteiger charge is 2.46. The minimum Gasteiger partial charge on any atom is -0.476 e. The number of hydrogen-bond acceptors (Lipinski definition) is 9. The first kappa shape index (κ1) is 33.0. The molecule has 0 unspecified atom stereocenters. The van der Waals surface area contributed by atoms with Gasteiger partial charge < -0.3 is 19.6 Å². The van der Waals surface area contributed by atoms with Crippen LogP contribution in [0.5, 0.6) is 5.88 Å². The molecule has 2 aromatic heterocycles. The molecular formula is C37H41N7O4. The molecule has 3 aromatic carbocycles. The Kier molecular flexibility index (Phi) is 10.2. The number of aromatic nitrogens is 4. The maximum absolute atomic E-state index is 12.7. The molecule has 1 saturated heterocycles. The summed E-state index contributed by atoms with van der Waals surface area (Å²) in [6.45, 7) is 8.70. The van der Waals surface area contributed by atoms with Crippen LogP contribution in [0.2, 0.25) is 0 Å². The van der Waals surface area contributed by atoms with Gasteiger partial charge in [-0.05, 0) is 23.4 Å². The average molecular weight is 648 g/mol. The maximum atomic E-state index is 12.7. The number of rotatable bonds is 13. The Bertz CT molecular complexity index is 1720. The average Bonchev–Trinajstić information content (AvgIpc) is 3.56. The van der Waals surface area contributed by atoms with Crippen LogP contribution in [-0.2, 0) is 15.1 Å². The van der Waals surface area contributed by atoms with E-state index in [2.05, 4.69) is 105 Å². The molecule has 3 heterocycles. The molecule has 48 heavy (non-hydrogen) atoms. The summed E-state index contributed by atoms with van der Waals surface area (Å²) in [5, 5.41) is 13.4. The molecule has 11 heteroatoms. The first-order valence-electron chi connectivity index (χ1n) is 16.2. The SMILES string of the molecule is C=NCCCOc1nc(NC(=O)C(C)C)nc2c1ncn2[C@H]1CN(C(c2ccccc2)(c2ccccc2)c2ccccc2)C[C@@H](CO)O1. The van der Waals surface area contributed by atoms with E-state index < -0.39 is 17.9 Å². The predicted molar refractivity (Wildman–Crippen MR) is 185 cm³/mol. The third-order valence-corrected chi connectivity index (χ3v) is 8.56. The summed E-state index contributed by atoms with van der Waals surface area (Å²) in [7, 11) is 0. The molecule has 0 bridgehead atoms. The van der Waals surface area contributed by atoms with Gasteiger partial charge in [-0.25, -0.2) is 4.98 Å². The normalized spacial score (nSPS) is 17.0. The molecular weight excluding hydrogens is 606 g/mol. The van der Waals surface area contributed by atoms with Gasteiger partial charge in [-0.1, -0.05) is 105 Å². The van der Waals surface area contributed by atoms with Gasteiger partial charge in [0.1, 0.15) is 6.23 Å². The molecule has 2 atom stereocenters. The van der Waals surface area contributed by atoms with Crippen LogP contribution in [0, 0.1) is 5.92 Å². The van der Waals surface area contributed by atoms with Crippen LogP contribution in [-0.4, -0.2) is 81.1 Å². The van der Waals surface area contributed by atoms with E-state index in [-0.39, 0.29) is 30.3 Å². The zero-order valence-corrected chi connectivity index (χ0v) is 27.3. The van der Waals surface area contributed by atoms with Crippen molar-refractivity contribution < 1.29 is 19.4 Å². The Labute approximate surface area is 280 Å². The van der Waals surface area contributed by atoms with Crippen molar-refractivity contribution in [2.24, 2.45) is 10.9 Å². The van der Waals surface area contributed by atoms with Crippen LogP contribution in [0.1, 0.15) is 43.2 Å². The van der Waals surface area contributed by atoms with Gasteiger partial charge in [0.15, 0.2) is 11.2 Å². The summed E-state index contributed by atoms with van der Waals surface area (Å²) in [5.41, 5.74) is 3.40. The molecule has 2 N–H and O–H groups in total. The number of aliphatic hydroxyl groups excluding tert-OH is 1. The monoisotopic (exact) mass is 647 g/mol. The summed E-state index contributed by atoms with van der Waals surface area (Å²) in [5.74, 6) is -0.139. The van der Waals surface area contributed by atoms with E-state index >= 15 is 0 Å². The summed E-state index contributed by atoms with van der Waals surface area (Å²) in [4.78, 5) is 32.9. The van der Waals surface area contributed by atoms with E-state index in [1.54, 1.807) is 20.2 Å². The van der Waals surface area contributed by atoms with E-state index in [1.165, 1.54) is 0 Å². The molecule has 0 spiro atoms. The van der Waals surface area contributed by atoms with Crippen molar-refractivity contribution in [3.63, 3.8) is 0 Å². The number of amides is 1. The summed E-state index contributed by atoms with van der Waals surface area (Å²) in [6.07, 6.45) is 1.16. The van der Waals surface area contributed by atoms with E-state index in [4.69, 9.17) is 14.5 Å². The van der Waals surface area contributed by atoms with Crippen molar-refractivity contribution in [2.45, 2.75) is 38.1 Å². The fraction of sp³-hybridized carbons (Fsp3) is 0.324. The predicted octanol–water partition coefficient (Wildman–Crippen LogP) is 5.07. The summed E-state index contributed by atoms with van der Waals surface area (Å²) in [6, 6.07) is 31.2. The van der Waals surface area contributed by atoms with Gasteiger partial charge in [0.05, 0.1) is 31.2 Å². The highest BCUT2D eigenvalue weighted by Crippen LogP contribution is 2.45. The number of morpholine rings is 1. The second-order valence-corrected chi connectivity index (χ2v) is 12.1. The zero-order chi connectivity index (χ0) is 33.5. The number of hydrogen-bond donors (Lipinski definition) is 2. The van der Waals surface area contributed by atoms with Crippen LogP contribution >= 0.6 is 0 Å². The molecule has 0 aliphatic carbocycles. The molecule has 1 aliphatic heterocycles.